The van der Waals surface area contributed by atoms with Crippen molar-refractivity contribution in [2.75, 3.05) is 0 Å². The predicted octanol–water partition coefficient (Wildman–Crippen LogP) is 6.50. The van der Waals surface area contributed by atoms with Crippen molar-refractivity contribution in [1.82, 2.24) is 20.0 Å². The minimum absolute atomic E-state index is 0.00450. The van der Waals surface area contributed by atoms with Crippen molar-refractivity contribution in [3.8, 4) is 5.75 Å². The molecule has 4 rings (SSSR count). The van der Waals surface area contributed by atoms with Crippen LogP contribution in [0.5, 0.6) is 5.75 Å². The van der Waals surface area contributed by atoms with Crippen molar-refractivity contribution >= 4 is 12.2 Å². The van der Waals surface area contributed by atoms with Crippen LogP contribution in [0.25, 0.3) is 12.2 Å². The van der Waals surface area contributed by atoms with Gasteiger partial charge in [-0.3, -0.25) is 4.68 Å². The van der Waals surface area contributed by atoms with Gasteiger partial charge in [0, 0.05) is 24.4 Å². The lowest BCUT2D eigenvalue weighted by atomic mass is 10.1. The number of unbranched alkanes of at least 4 members (excludes halogenated alkanes) is 1. The van der Waals surface area contributed by atoms with Crippen LogP contribution in [0.15, 0.2) is 59.3 Å². The van der Waals surface area contributed by atoms with E-state index in [1.54, 1.807) is 13.1 Å². The molecule has 2 aromatic carbocycles. The van der Waals surface area contributed by atoms with Gasteiger partial charge in [-0.25, -0.2) is 9.37 Å². The molecule has 2 aromatic heterocycles. The van der Waals surface area contributed by atoms with Gasteiger partial charge in [0.15, 0.2) is 0 Å². The summed E-state index contributed by atoms with van der Waals surface area (Å²) in [5.74, 6) is 0.442. The van der Waals surface area contributed by atoms with E-state index in [0.717, 1.165) is 37.9 Å². The monoisotopic (exact) mass is 500 g/mol. The second-order valence-corrected chi connectivity index (χ2v) is 8.18. The minimum atomic E-state index is -4.60. The Kier molecular flexibility index (Phi) is 7.82. The molecule has 0 aliphatic heterocycles. The Morgan fingerprint density at radius 3 is 2.56 bits per heavy atom. The highest BCUT2D eigenvalue weighted by atomic mass is 19.4. The number of hydrogen-bond acceptors (Lipinski definition) is 5. The van der Waals surface area contributed by atoms with Gasteiger partial charge in [-0.2, -0.15) is 13.2 Å². The standard InChI is InChI=1S/C26H24F4N4O2/c1-18-24(32-25(36-18)12-8-20-7-9-21(16-23(20)27)26(28,29)30)17-35-22-10-5-19(6-11-22)4-2-3-14-34-15-13-31-33-34/h5-13,15-16H,2-4,14,17H2,1H3/b12-8+. The Bertz CT molecular complexity index is 1300. The first-order chi connectivity index (χ1) is 17.3. The Morgan fingerprint density at radius 2 is 1.86 bits per heavy atom. The first-order valence-electron chi connectivity index (χ1n) is 11.3. The van der Waals surface area contributed by atoms with Crippen molar-refractivity contribution in [2.45, 2.75) is 45.5 Å². The molecule has 0 fully saturated rings. The Labute approximate surface area is 205 Å². The summed E-state index contributed by atoms with van der Waals surface area (Å²) in [4.78, 5) is 4.32. The third-order valence-corrected chi connectivity index (χ3v) is 5.52. The van der Waals surface area contributed by atoms with Crippen molar-refractivity contribution in [2.24, 2.45) is 0 Å². The molecular formula is C26H24F4N4O2. The highest BCUT2D eigenvalue weighted by Crippen LogP contribution is 2.30. The summed E-state index contributed by atoms with van der Waals surface area (Å²) in [5, 5.41) is 7.74. The van der Waals surface area contributed by atoms with Gasteiger partial charge in [-0.05, 0) is 62.1 Å². The zero-order valence-corrected chi connectivity index (χ0v) is 19.5. The van der Waals surface area contributed by atoms with E-state index in [9.17, 15) is 17.6 Å². The highest BCUT2D eigenvalue weighted by Gasteiger charge is 2.31. The molecule has 0 radical (unpaired) electrons. The van der Waals surface area contributed by atoms with E-state index >= 15 is 0 Å². The zero-order valence-electron chi connectivity index (χ0n) is 19.5. The quantitative estimate of drug-likeness (QED) is 0.184. The molecule has 2 heterocycles. The van der Waals surface area contributed by atoms with E-state index in [2.05, 4.69) is 15.3 Å². The molecule has 10 heteroatoms. The van der Waals surface area contributed by atoms with E-state index in [1.165, 1.54) is 17.7 Å². The average Bonchev–Trinajstić information content (AvgIpc) is 3.49. The number of oxazole rings is 1. The summed E-state index contributed by atoms with van der Waals surface area (Å²) in [6.07, 6.45) is 4.63. The lowest BCUT2D eigenvalue weighted by Gasteiger charge is -2.07. The molecular weight excluding hydrogens is 476 g/mol. The van der Waals surface area contributed by atoms with Gasteiger partial charge < -0.3 is 9.15 Å². The molecule has 0 saturated heterocycles. The Hall–Kier alpha value is -3.95. The lowest BCUT2D eigenvalue weighted by Crippen LogP contribution is -2.05. The lowest BCUT2D eigenvalue weighted by molar-refractivity contribution is -0.137. The molecule has 4 aromatic rings. The zero-order chi connectivity index (χ0) is 25.5. The minimum Gasteiger partial charge on any atom is -0.487 e. The molecule has 0 spiro atoms. The number of hydrogen-bond donors (Lipinski definition) is 0. The molecule has 36 heavy (non-hydrogen) atoms. The molecule has 188 valence electrons. The normalized spacial score (nSPS) is 11.9. The number of nitrogens with zero attached hydrogens (tertiary/aromatic N) is 4. The molecule has 6 nitrogen and oxygen atoms in total. The van der Waals surface area contributed by atoms with Crippen LogP contribution in [0.1, 0.15) is 46.9 Å². The van der Waals surface area contributed by atoms with Gasteiger partial charge in [-0.15, -0.1) is 5.10 Å². The first kappa shape index (κ1) is 25.2. The van der Waals surface area contributed by atoms with E-state index in [1.807, 2.05) is 35.1 Å². The van der Waals surface area contributed by atoms with Crippen molar-refractivity contribution in [3.05, 3.63) is 94.7 Å². The van der Waals surface area contributed by atoms with Crippen LogP contribution in [0.3, 0.4) is 0 Å². The Balaban J connectivity index is 1.28. The summed E-state index contributed by atoms with van der Waals surface area (Å²) in [6.45, 7) is 2.74. The topological polar surface area (TPSA) is 66.0 Å². The number of ether oxygens (including phenoxy) is 1. The molecule has 0 unspecified atom stereocenters. The van der Waals surface area contributed by atoms with E-state index in [4.69, 9.17) is 9.15 Å². The van der Waals surface area contributed by atoms with Crippen LogP contribution in [0.2, 0.25) is 0 Å². The van der Waals surface area contributed by atoms with Gasteiger partial charge in [0.1, 0.15) is 29.6 Å². The maximum atomic E-state index is 14.0. The van der Waals surface area contributed by atoms with E-state index in [-0.39, 0.29) is 18.1 Å². The number of benzene rings is 2. The maximum Gasteiger partial charge on any atom is 0.416 e. The highest BCUT2D eigenvalue weighted by molar-refractivity contribution is 5.66. The summed E-state index contributed by atoms with van der Waals surface area (Å²) in [5.41, 5.74) is 0.732. The van der Waals surface area contributed by atoms with Gasteiger partial charge in [0.25, 0.3) is 0 Å². The summed E-state index contributed by atoms with van der Waals surface area (Å²) >= 11 is 0. The van der Waals surface area contributed by atoms with Crippen LogP contribution in [-0.2, 0) is 25.7 Å². The number of halogens is 4. The van der Waals surface area contributed by atoms with Gasteiger partial charge >= 0.3 is 6.18 Å². The second kappa shape index (κ2) is 11.2. The van der Waals surface area contributed by atoms with Crippen molar-refractivity contribution in [3.63, 3.8) is 0 Å². The van der Waals surface area contributed by atoms with Crippen LogP contribution in [0, 0.1) is 12.7 Å². The average molecular weight is 500 g/mol. The fourth-order valence-electron chi connectivity index (χ4n) is 3.51. The third kappa shape index (κ3) is 6.80. The van der Waals surface area contributed by atoms with Gasteiger partial charge in [0.05, 0.1) is 11.8 Å². The summed E-state index contributed by atoms with van der Waals surface area (Å²) in [6, 6.07) is 10.2. The second-order valence-electron chi connectivity index (χ2n) is 8.18. The molecule has 0 aliphatic rings. The molecule has 0 aliphatic carbocycles. The Morgan fingerprint density at radius 1 is 1.06 bits per heavy atom. The maximum absolute atomic E-state index is 14.0. The summed E-state index contributed by atoms with van der Waals surface area (Å²) < 4.78 is 65.3. The summed E-state index contributed by atoms with van der Waals surface area (Å²) in [7, 11) is 0. The van der Waals surface area contributed by atoms with Crippen LogP contribution >= 0.6 is 0 Å². The smallest absolute Gasteiger partial charge is 0.416 e. The number of aryl methyl sites for hydroxylation is 3. The van der Waals surface area contributed by atoms with Crippen molar-refractivity contribution in [1.29, 1.82) is 0 Å². The van der Waals surface area contributed by atoms with Crippen molar-refractivity contribution < 1.29 is 26.7 Å². The number of alkyl halides is 3. The largest absolute Gasteiger partial charge is 0.487 e. The SMILES string of the molecule is Cc1oc(/C=C/c2ccc(C(F)(F)F)cc2F)nc1COc1ccc(CCCCn2ccnn2)cc1. The van der Waals surface area contributed by atoms with E-state index in [0.29, 0.717) is 23.3 Å². The molecule has 0 N–H and O–H groups in total. The molecule has 0 saturated carbocycles. The molecule has 0 bridgehead atoms. The van der Waals surface area contributed by atoms with Crippen LogP contribution < -0.4 is 4.74 Å². The predicted molar refractivity (Wildman–Crippen MR) is 125 cm³/mol. The van der Waals surface area contributed by atoms with Crippen LogP contribution in [0.4, 0.5) is 17.6 Å². The molecule has 0 amide bonds. The van der Waals surface area contributed by atoms with Gasteiger partial charge in [0.2, 0.25) is 5.89 Å². The first-order valence-corrected chi connectivity index (χ1v) is 11.3. The fourth-order valence-corrected chi connectivity index (χ4v) is 3.51. The van der Waals surface area contributed by atoms with E-state index < -0.39 is 17.6 Å². The van der Waals surface area contributed by atoms with Crippen LogP contribution in [-0.4, -0.2) is 20.0 Å². The third-order valence-electron chi connectivity index (χ3n) is 5.52. The molecule has 0 atom stereocenters. The van der Waals surface area contributed by atoms with Gasteiger partial charge in [-0.1, -0.05) is 23.4 Å². The fraction of sp³-hybridized carbons (Fsp3) is 0.269. The number of aromatic nitrogens is 4. The number of rotatable bonds is 10.